The fourth-order valence-electron chi connectivity index (χ4n) is 2.69. The zero-order valence-corrected chi connectivity index (χ0v) is 13.0. The number of methoxy groups -OCH3 is 1. The number of unbranched alkanes of at least 4 members (excludes halogenated alkanes) is 1. The van der Waals surface area contributed by atoms with Crippen molar-refractivity contribution >= 4 is 15.4 Å². The van der Waals surface area contributed by atoms with Crippen molar-refractivity contribution in [2.75, 3.05) is 13.7 Å². The van der Waals surface area contributed by atoms with Crippen molar-refractivity contribution in [1.29, 1.82) is 0 Å². The van der Waals surface area contributed by atoms with Gasteiger partial charge in [0.2, 0.25) is 0 Å². The van der Waals surface area contributed by atoms with E-state index >= 15 is 0 Å². The van der Waals surface area contributed by atoms with Gasteiger partial charge in [-0.2, -0.15) is 0 Å². The third-order valence-corrected chi connectivity index (χ3v) is 4.24. The smallest absolute Gasteiger partial charge is 0.305 e. The molecule has 1 fully saturated rings. The molecular formula is C14H24FO4P. The number of rotatable bonds is 8. The average molecular weight is 306 g/mol. The molecule has 0 bridgehead atoms. The van der Waals surface area contributed by atoms with E-state index in [0.717, 1.165) is 12.8 Å². The second kappa shape index (κ2) is 9.43. The predicted molar refractivity (Wildman–Crippen MR) is 77.8 cm³/mol. The Morgan fingerprint density at radius 2 is 2.20 bits per heavy atom. The summed E-state index contributed by atoms with van der Waals surface area (Å²) in [5.74, 6) is -0.545. The van der Waals surface area contributed by atoms with E-state index in [1.54, 1.807) is 0 Å². The Morgan fingerprint density at radius 3 is 2.80 bits per heavy atom. The number of allylic oxidation sites excluding steroid dienone is 2. The molecule has 6 heteroatoms. The third-order valence-electron chi connectivity index (χ3n) is 3.89. The van der Waals surface area contributed by atoms with Crippen molar-refractivity contribution in [3.8, 4) is 0 Å². The van der Waals surface area contributed by atoms with Gasteiger partial charge >= 0.3 is 5.97 Å². The van der Waals surface area contributed by atoms with Crippen molar-refractivity contribution < 1.29 is 23.6 Å². The molecule has 1 saturated carbocycles. The van der Waals surface area contributed by atoms with Crippen LogP contribution in [0.1, 0.15) is 32.1 Å². The summed E-state index contributed by atoms with van der Waals surface area (Å²) < 4.78 is 23.5. The fraction of sp³-hybridized carbons (Fsp3) is 0.786. The summed E-state index contributed by atoms with van der Waals surface area (Å²) in [6.07, 6.45) is 5.78. The molecule has 0 radical (unpaired) electrons. The maximum absolute atomic E-state index is 13.7. The molecule has 0 aliphatic heterocycles. The summed E-state index contributed by atoms with van der Waals surface area (Å²) in [4.78, 5) is 10.9. The van der Waals surface area contributed by atoms with Gasteiger partial charge in [-0.1, -0.05) is 12.2 Å². The van der Waals surface area contributed by atoms with E-state index in [2.05, 4.69) is 14.2 Å². The summed E-state index contributed by atoms with van der Waals surface area (Å²) in [6.45, 7) is -0.146. The number of hydrogen-bond donors (Lipinski definition) is 1. The van der Waals surface area contributed by atoms with Crippen LogP contribution in [0.15, 0.2) is 12.2 Å². The Balaban J connectivity index is 2.33. The highest BCUT2D eigenvalue weighted by molar-refractivity contribution is 7.09. The Hall–Kier alpha value is -0.510. The van der Waals surface area contributed by atoms with Crippen LogP contribution in [0.4, 0.5) is 4.39 Å². The van der Waals surface area contributed by atoms with Crippen LogP contribution in [0.2, 0.25) is 0 Å². The Kier molecular flexibility index (Phi) is 8.27. The molecule has 0 aromatic heterocycles. The Labute approximate surface area is 122 Å². The standard InChI is InChI=1S/C14H24FO4P/c1-18-14(17)7-5-3-2-4-6-10-11(9-16)12(15)8-13(10)19-20/h2,4,10-13,16H,3,5-9,20H2,1H3/b4-2-/t10-,11-,12?,13?/m1/s1. The number of hydrogen-bond acceptors (Lipinski definition) is 4. The number of aliphatic hydroxyl groups is 1. The number of halogens is 1. The molecule has 1 aliphatic rings. The van der Waals surface area contributed by atoms with Gasteiger partial charge in [-0.25, -0.2) is 4.39 Å². The number of esters is 1. The highest BCUT2D eigenvalue weighted by atomic mass is 31.0. The lowest BCUT2D eigenvalue weighted by Crippen LogP contribution is -2.23. The topological polar surface area (TPSA) is 55.8 Å². The van der Waals surface area contributed by atoms with Gasteiger partial charge in [0.1, 0.15) is 6.17 Å². The first-order valence-corrected chi connectivity index (χ1v) is 7.43. The molecule has 0 aromatic rings. The van der Waals surface area contributed by atoms with Crippen molar-refractivity contribution in [2.24, 2.45) is 11.8 Å². The van der Waals surface area contributed by atoms with Gasteiger partial charge in [-0.15, -0.1) is 0 Å². The maximum atomic E-state index is 13.7. The molecular weight excluding hydrogens is 282 g/mol. The number of carbonyl (C=O) groups is 1. The highest BCUT2D eigenvalue weighted by Crippen LogP contribution is 2.39. The van der Waals surface area contributed by atoms with Crippen LogP contribution < -0.4 is 0 Å². The summed E-state index contributed by atoms with van der Waals surface area (Å²) in [5, 5.41) is 9.27. The van der Waals surface area contributed by atoms with Crippen molar-refractivity contribution in [3.05, 3.63) is 12.2 Å². The summed E-state index contributed by atoms with van der Waals surface area (Å²) in [5.41, 5.74) is 0. The van der Waals surface area contributed by atoms with E-state index in [0.29, 0.717) is 19.3 Å². The number of alkyl halides is 1. The van der Waals surface area contributed by atoms with Gasteiger partial charge in [-0.3, -0.25) is 4.79 Å². The second-order valence-corrected chi connectivity index (χ2v) is 5.38. The Morgan fingerprint density at radius 1 is 1.45 bits per heavy atom. The zero-order valence-electron chi connectivity index (χ0n) is 11.8. The first-order valence-electron chi connectivity index (χ1n) is 6.96. The lowest BCUT2D eigenvalue weighted by atomic mass is 9.91. The van der Waals surface area contributed by atoms with E-state index in [9.17, 15) is 14.3 Å². The fourth-order valence-corrected chi connectivity index (χ4v) is 3.00. The summed E-state index contributed by atoms with van der Waals surface area (Å²) in [6, 6.07) is 0. The van der Waals surface area contributed by atoms with E-state index in [4.69, 9.17) is 4.52 Å². The first kappa shape index (κ1) is 17.5. The van der Waals surface area contributed by atoms with Crippen LogP contribution in [0.5, 0.6) is 0 Å². The van der Waals surface area contributed by atoms with Gasteiger partial charge < -0.3 is 14.4 Å². The van der Waals surface area contributed by atoms with Crippen molar-refractivity contribution in [2.45, 2.75) is 44.4 Å². The molecule has 4 nitrogen and oxygen atoms in total. The summed E-state index contributed by atoms with van der Waals surface area (Å²) >= 11 is 0. The molecule has 116 valence electrons. The van der Waals surface area contributed by atoms with Crippen LogP contribution >= 0.6 is 9.47 Å². The lowest BCUT2D eigenvalue weighted by Gasteiger charge is -2.21. The predicted octanol–water partition coefficient (Wildman–Crippen LogP) is 2.42. The molecule has 3 unspecified atom stereocenters. The molecule has 1 aliphatic carbocycles. The number of ether oxygens (including phenoxy) is 1. The van der Waals surface area contributed by atoms with Crippen molar-refractivity contribution in [3.63, 3.8) is 0 Å². The molecule has 0 saturated heterocycles. The van der Waals surface area contributed by atoms with Gasteiger partial charge in [-0.05, 0) is 25.2 Å². The van der Waals surface area contributed by atoms with Crippen LogP contribution in [0.3, 0.4) is 0 Å². The number of carbonyl (C=O) groups excluding carboxylic acids is 1. The monoisotopic (exact) mass is 306 g/mol. The SMILES string of the molecule is COC(=O)CCC/C=C\C[C@H]1C(OP)CC(F)[C@@H]1CO. The van der Waals surface area contributed by atoms with Gasteiger partial charge in [0.15, 0.2) is 0 Å². The van der Waals surface area contributed by atoms with E-state index in [1.807, 2.05) is 12.2 Å². The Bertz CT molecular complexity index is 324. The molecule has 1 N–H and O–H groups in total. The molecule has 0 heterocycles. The minimum atomic E-state index is -0.997. The van der Waals surface area contributed by atoms with Crippen molar-refractivity contribution in [1.82, 2.24) is 0 Å². The summed E-state index contributed by atoms with van der Waals surface area (Å²) in [7, 11) is 3.56. The zero-order chi connectivity index (χ0) is 15.0. The molecule has 1 rings (SSSR count). The van der Waals surface area contributed by atoms with Gasteiger partial charge in [0, 0.05) is 34.8 Å². The maximum Gasteiger partial charge on any atom is 0.305 e. The van der Waals surface area contributed by atoms with E-state index in [-0.39, 0.29) is 30.5 Å². The third kappa shape index (κ3) is 5.12. The van der Waals surface area contributed by atoms with Crippen LogP contribution in [-0.4, -0.2) is 37.1 Å². The van der Waals surface area contributed by atoms with Gasteiger partial charge in [0.25, 0.3) is 0 Å². The van der Waals surface area contributed by atoms with E-state index in [1.165, 1.54) is 7.11 Å². The average Bonchev–Trinajstić information content (AvgIpc) is 2.77. The second-order valence-electron chi connectivity index (χ2n) is 5.11. The largest absolute Gasteiger partial charge is 0.469 e. The van der Waals surface area contributed by atoms with E-state index < -0.39 is 6.17 Å². The van der Waals surface area contributed by atoms with Crippen LogP contribution in [-0.2, 0) is 14.1 Å². The molecule has 0 amide bonds. The molecule has 20 heavy (non-hydrogen) atoms. The van der Waals surface area contributed by atoms with Gasteiger partial charge in [0.05, 0.1) is 13.2 Å². The normalized spacial score (nSPS) is 30.0. The minimum Gasteiger partial charge on any atom is -0.469 e. The molecule has 0 spiro atoms. The number of aliphatic hydroxyl groups excluding tert-OH is 1. The lowest BCUT2D eigenvalue weighted by molar-refractivity contribution is -0.140. The molecule has 5 atom stereocenters. The molecule has 0 aromatic carbocycles. The quantitative estimate of drug-likeness (QED) is 0.324. The highest BCUT2D eigenvalue weighted by Gasteiger charge is 2.42. The first-order chi connectivity index (χ1) is 9.63. The van der Waals surface area contributed by atoms with Crippen LogP contribution in [0, 0.1) is 11.8 Å². The minimum absolute atomic E-state index is 0.00403. The van der Waals surface area contributed by atoms with Crippen LogP contribution in [0.25, 0.3) is 0 Å².